The molecule has 1 aliphatic rings. The summed E-state index contributed by atoms with van der Waals surface area (Å²) in [5.41, 5.74) is -0.584. The number of guanidine groups is 1. The van der Waals surface area contributed by atoms with Crippen molar-refractivity contribution in [2.45, 2.75) is 51.2 Å². The molecule has 1 saturated carbocycles. The zero-order chi connectivity index (χ0) is 14.3. The number of nitrogens with one attached hydrogen (secondary N) is 2. The molecule has 0 radical (unpaired) electrons. The number of rotatable bonds is 5. The van der Waals surface area contributed by atoms with Crippen LogP contribution in [0.2, 0.25) is 0 Å². The summed E-state index contributed by atoms with van der Waals surface area (Å²) in [7, 11) is 0. The van der Waals surface area contributed by atoms with Crippen LogP contribution < -0.4 is 10.6 Å². The minimum Gasteiger partial charge on any atom is -0.467 e. The van der Waals surface area contributed by atoms with Crippen molar-refractivity contribution >= 4 is 29.9 Å². The molecule has 3 N–H and O–H groups in total. The zero-order valence-electron chi connectivity index (χ0n) is 12.6. The lowest BCUT2D eigenvalue weighted by Gasteiger charge is -2.32. The Morgan fingerprint density at radius 3 is 2.71 bits per heavy atom. The van der Waals surface area contributed by atoms with E-state index < -0.39 is 5.60 Å². The SMILES string of the molecule is CCNC(=NCc1ccco1)NCC1(O)CCCCC1.I. The molecule has 0 aliphatic heterocycles. The van der Waals surface area contributed by atoms with Crippen LogP contribution in [-0.2, 0) is 6.54 Å². The van der Waals surface area contributed by atoms with E-state index in [9.17, 15) is 5.11 Å². The Morgan fingerprint density at radius 2 is 2.10 bits per heavy atom. The molecular formula is C15H26IN3O2. The number of nitrogens with zero attached hydrogens (tertiary/aromatic N) is 1. The maximum absolute atomic E-state index is 10.5. The first-order valence-electron chi connectivity index (χ1n) is 7.49. The second kappa shape index (κ2) is 9.30. The number of halogens is 1. The van der Waals surface area contributed by atoms with Crippen molar-refractivity contribution in [1.29, 1.82) is 0 Å². The molecule has 6 heteroatoms. The van der Waals surface area contributed by atoms with E-state index in [0.717, 1.165) is 43.9 Å². The van der Waals surface area contributed by atoms with E-state index in [2.05, 4.69) is 15.6 Å². The van der Waals surface area contributed by atoms with Crippen LogP contribution in [0.1, 0.15) is 44.8 Å². The topological polar surface area (TPSA) is 69.8 Å². The molecule has 0 saturated heterocycles. The Labute approximate surface area is 143 Å². The summed E-state index contributed by atoms with van der Waals surface area (Å²) in [5, 5.41) is 16.9. The molecule has 5 nitrogen and oxygen atoms in total. The number of aliphatic hydroxyl groups is 1. The third-order valence-electron chi connectivity index (χ3n) is 3.69. The van der Waals surface area contributed by atoms with Crippen LogP contribution in [0.4, 0.5) is 0 Å². The van der Waals surface area contributed by atoms with Gasteiger partial charge in [-0.3, -0.25) is 0 Å². The molecule has 0 amide bonds. The molecule has 0 spiro atoms. The molecule has 1 heterocycles. The van der Waals surface area contributed by atoms with Gasteiger partial charge in [-0.05, 0) is 31.9 Å². The second-order valence-corrected chi connectivity index (χ2v) is 5.41. The van der Waals surface area contributed by atoms with Crippen molar-refractivity contribution < 1.29 is 9.52 Å². The zero-order valence-corrected chi connectivity index (χ0v) is 14.9. The maximum atomic E-state index is 10.5. The predicted molar refractivity (Wildman–Crippen MR) is 95.0 cm³/mol. The van der Waals surface area contributed by atoms with Gasteiger partial charge in [0.1, 0.15) is 12.3 Å². The van der Waals surface area contributed by atoms with Crippen molar-refractivity contribution in [3.8, 4) is 0 Å². The first kappa shape index (κ1) is 18.3. The van der Waals surface area contributed by atoms with Gasteiger partial charge in [-0.15, -0.1) is 24.0 Å². The highest BCUT2D eigenvalue weighted by Crippen LogP contribution is 2.27. The molecule has 1 fully saturated rings. The normalized spacial score (nSPS) is 17.9. The Hall–Kier alpha value is -0.760. The van der Waals surface area contributed by atoms with Crippen molar-refractivity contribution in [3.63, 3.8) is 0 Å². The fourth-order valence-corrected chi connectivity index (χ4v) is 2.54. The average Bonchev–Trinajstić information content (AvgIpc) is 2.96. The third-order valence-corrected chi connectivity index (χ3v) is 3.69. The molecule has 21 heavy (non-hydrogen) atoms. The van der Waals surface area contributed by atoms with Gasteiger partial charge >= 0.3 is 0 Å². The average molecular weight is 407 g/mol. The molecular weight excluding hydrogens is 381 g/mol. The Bertz CT molecular complexity index is 415. The van der Waals surface area contributed by atoms with Gasteiger partial charge in [0.25, 0.3) is 0 Å². The van der Waals surface area contributed by atoms with Gasteiger partial charge in [0, 0.05) is 13.1 Å². The minimum absolute atomic E-state index is 0. The quantitative estimate of drug-likeness (QED) is 0.399. The van der Waals surface area contributed by atoms with Gasteiger partial charge in [0.05, 0.1) is 11.9 Å². The van der Waals surface area contributed by atoms with Gasteiger partial charge in [0.15, 0.2) is 5.96 Å². The number of aliphatic imine (C=N–C) groups is 1. The van der Waals surface area contributed by atoms with E-state index in [1.807, 2.05) is 19.1 Å². The summed E-state index contributed by atoms with van der Waals surface area (Å²) in [5.74, 6) is 1.56. The second-order valence-electron chi connectivity index (χ2n) is 5.41. The summed E-state index contributed by atoms with van der Waals surface area (Å²) in [4.78, 5) is 4.46. The van der Waals surface area contributed by atoms with Gasteiger partial charge in [-0.2, -0.15) is 0 Å². The van der Waals surface area contributed by atoms with E-state index in [-0.39, 0.29) is 24.0 Å². The Balaban J connectivity index is 0.00000220. The van der Waals surface area contributed by atoms with Crippen molar-refractivity contribution in [2.24, 2.45) is 4.99 Å². The lowest BCUT2D eigenvalue weighted by molar-refractivity contribution is 0.00859. The molecule has 0 bridgehead atoms. The molecule has 0 atom stereocenters. The monoisotopic (exact) mass is 407 g/mol. The van der Waals surface area contributed by atoms with E-state index in [1.165, 1.54) is 6.42 Å². The van der Waals surface area contributed by atoms with E-state index in [0.29, 0.717) is 13.1 Å². The van der Waals surface area contributed by atoms with E-state index in [4.69, 9.17) is 4.42 Å². The van der Waals surface area contributed by atoms with Crippen LogP contribution in [0, 0.1) is 0 Å². The van der Waals surface area contributed by atoms with Gasteiger partial charge < -0.3 is 20.2 Å². The maximum Gasteiger partial charge on any atom is 0.191 e. The largest absolute Gasteiger partial charge is 0.467 e. The van der Waals surface area contributed by atoms with Crippen LogP contribution in [-0.4, -0.2) is 29.8 Å². The highest BCUT2D eigenvalue weighted by molar-refractivity contribution is 14.0. The van der Waals surface area contributed by atoms with Crippen LogP contribution in [0.15, 0.2) is 27.8 Å². The highest BCUT2D eigenvalue weighted by atomic mass is 127. The first-order valence-corrected chi connectivity index (χ1v) is 7.49. The predicted octanol–water partition coefficient (Wildman–Crippen LogP) is 2.65. The van der Waals surface area contributed by atoms with Crippen molar-refractivity contribution in [2.75, 3.05) is 13.1 Å². The highest BCUT2D eigenvalue weighted by Gasteiger charge is 2.29. The van der Waals surface area contributed by atoms with E-state index >= 15 is 0 Å². The van der Waals surface area contributed by atoms with Crippen LogP contribution in [0.3, 0.4) is 0 Å². The third kappa shape index (κ3) is 6.25. The smallest absolute Gasteiger partial charge is 0.191 e. The Morgan fingerprint density at radius 1 is 1.33 bits per heavy atom. The summed E-state index contributed by atoms with van der Waals surface area (Å²) in [6.45, 7) is 3.87. The van der Waals surface area contributed by atoms with Gasteiger partial charge in [-0.1, -0.05) is 19.3 Å². The number of furan rings is 1. The molecule has 1 aliphatic carbocycles. The Kier molecular flexibility index (Phi) is 8.10. The molecule has 0 unspecified atom stereocenters. The van der Waals surface area contributed by atoms with Gasteiger partial charge in [-0.25, -0.2) is 4.99 Å². The molecule has 1 aromatic heterocycles. The first-order chi connectivity index (χ1) is 9.72. The standard InChI is InChI=1S/C15H25N3O2.HI/c1-2-16-14(17-11-13-7-6-10-20-13)18-12-15(19)8-4-3-5-9-15;/h6-7,10,19H,2-5,8-9,11-12H2,1H3,(H2,16,17,18);1H. The lowest BCUT2D eigenvalue weighted by atomic mass is 9.85. The molecule has 1 aromatic rings. The van der Waals surface area contributed by atoms with E-state index in [1.54, 1.807) is 6.26 Å². The molecule has 120 valence electrons. The number of hydrogen-bond donors (Lipinski definition) is 3. The van der Waals surface area contributed by atoms with Crippen LogP contribution in [0.5, 0.6) is 0 Å². The van der Waals surface area contributed by atoms with Crippen LogP contribution in [0.25, 0.3) is 0 Å². The summed E-state index contributed by atoms with van der Waals surface area (Å²) in [6.07, 6.45) is 6.84. The van der Waals surface area contributed by atoms with Crippen molar-refractivity contribution in [3.05, 3.63) is 24.2 Å². The summed E-state index contributed by atoms with van der Waals surface area (Å²) < 4.78 is 5.26. The molecule has 2 rings (SSSR count). The summed E-state index contributed by atoms with van der Waals surface area (Å²) in [6, 6.07) is 3.76. The summed E-state index contributed by atoms with van der Waals surface area (Å²) >= 11 is 0. The van der Waals surface area contributed by atoms with Gasteiger partial charge in [0.2, 0.25) is 0 Å². The fraction of sp³-hybridized carbons (Fsp3) is 0.667. The lowest BCUT2D eigenvalue weighted by Crippen LogP contribution is -2.48. The fourth-order valence-electron chi connectivity index (χ4n) is 2.54. The molecule has 0 aromatic carbocycles. The van der Waals surface area contributed by atoms with Crippen LogP contribution >= 0.6 is 24.0 Å². The minimum atomic E-state index is -0.584. The number of hydrogen-bond acceptors (Lipinski definition) is 3. The van der Waals surface area contributed by atoms with Crippen molar-refractivity contribution in [1.82, 2.24) is 10.6 Å².